The Balaban J connectivity index is 0.00000121. The molecule has 0 aromatic heterocycles. The van der Waals surface area contributed by atoms with Crippen molar-refractivity contribution in [1.29, 1.82) is 0 Å². The van der Waals surface area contributed by atoms with Gasteiger partial charge in [0, 0.05) is 17.9 Å². The van der Waals surface area contributed by atoms with E-state index < -0.39 is 11.8 Å². The molecule has 0 amide bonds. The summed E-state index contributed by atoms with van der Waals surface area (Å²) in [6, 6.07) is 0. The molecule has 0 saturated carbocycles. The van der Waals surface area contributed by atoms with Gasteiger partial charge in [0.05, 0.1) is 0 Å². The summed E-state index contributed by atoms with van der Waals surface area (Å²) in [6.45, 7) is 3.35. The summed E-state index contributed by atoms with van der Waals surface area (Å²) < 4.78 is 0. The first kappa shape index (κ1) is 10.8. The fourth-order valence-electron chi connectivity index (χ4n) is 0.582. The molecule has 12 heavy (non-hydrogen) atoms. The van der Waals surface area contributed by atoms with Crippen LogP contribution in [0.5, 0.6) is 0 Å². The van der Waals surface area contributed by atoms with E-state index in [4.69, 9.17) is 5.11 Å². The van der Waals surface area contributed by atoms with Crippen LogP contribution in [-0.2, 0) is 9.59 Å². The van der Waals surface area contributed by atoms with Crippen molar-refractivity contribution in [2.45, 2.75) is 0 Å². The molecule has 1 aliphatic heterocycles. The average Bonchev–Trinajstić information content (AvgIpc) is 1.94. The molecule has 0 aromatic rings. The molecule has 5 heteroatoms. The van der Waals surface area contributed by atoms with Crippen LogP contribution in [-0.4, -0.2) is 23.1 Å². The molecule has 0 spiro atoms. The average molecular weight is 232 g/mol. The molecular weight excluding hydrogens is 226 g/mol. The number of carboxylic acid groups (broad SMARTS) is 1. The maximum Gasteiger partial charge on any atom is 0.354 e. The van der Waals surface area contributed by atoms with Gasteiger partial charge in [0.2, 0.25) is 0 Å². The van der Waals surface area contributed by atoms with Gasteiger partial charge in [-0.05, 0) is 0 Å². The van der Waals surface area contributed by atoms with Crippen molar-refractivity contribution in [2.75, 3.05) is 0 Å². The van der Waals surface area contributed by atoms with Gasteiger partial charge in [-0.1, -0.05) is 6.58 Å². The summed E-state index contributed by atoms with van der Waals surface area (Å²) in [5, 5.41) is 8.38. The molecule has 4 nitrogen and oxygen atoms in total. The van der Waals surface area contributed by atoms with Crippen molar-refractivity contribution in [3.05, 3.63) is 23.9 Å². The fourth-order valence-corrected chi connectivity index (χ4v) is 0.582. The summed E-state index contributed by atoms with van der Waals surface area (Å²) in [4.78, 5) is 24.5. The Morgan fingerprint density at radius 3 is 2.58 bits per heavy atom. The normalized spacial score (nSPS) is 15.2. The maximum absolute atomic E-state index is 10.8. The van der Waals surface area contributed by atoms with Crippen LogP contribution in [0.1, 0.15) is 0 Å². The Morgan fingerprint density at radius 1 is 1.58 bits per heavy atom. The number of aliphatic imine (C=N–C) groups is 1. The standard InChI is InChI=1S/C7H5NO3.BrH/c1-4-3-8-5(7(10)11)2-6(4)9;/h2-3H,1H2,(H,10,11);1H. The molecule has 0 aliphatic carbocycles. The van der Waals surface area contributed by atoms with Crippen molar-refractivity contribution < 1.29 is 14.7 Å². The molecular formula is C7H6BrNO3. The van der Waals surface area contributed by atoms with E-state index in [1.165, 1.54) is 0 Å². The predicted octanol–water partition coefficient (Wildman–Crippen LogP) is 0.742. The minimum Gasteiger partial charge on any atom is -0.477 e. The molecule has 1 N–H and O–H groups in total. The summed E-state index contributed by atoms with van der Waals surface area (Å²) in [6.07, 6.45) is 2.09. The minimum atomic E-state index is -1.21. The van der Waals surface area contributed by atoms with E-state index >= 15 is 0 Å². The van der Waals surface area contributed by atoms with Gasteiger partial charge < -0.3 is 5.11 Å². The maximum atomic E-state index is 10.8. The van der Waals surface area contributed by atoms with Crippen LogP contribution in [0.3, 0.4) is 0 Å². The Hall–Kier alpha value is -1.23. The highest BCUT2D eigenvalue weighted by Crippen LogP contribution is 2.06. The van der Waals surface area contributed by atoms with Crippen LogP contribution in [0.15, 0.2) is 28.9 Å². The third-order valence-electron chi connectivity index (χ3n) is 1.16. The van der Waals surface area contributed by atoms with Crippen molar-refractivity contribution in [3.8, 4) is 0 Å². The van der Waals surface area contributed by atoms with Gasteiger partial charge in [-0.25, -0.2) is 9.79 Å². The first-order valence-electron chi connectivity index (χ1n) is 2.83. The van der Waals surface area contributed by atoms with Crippen molar-refractivity contribution >= 4 is 34.9 Å². The molecule has 0 atom stereocenters. The van der Waals surface area contributed by atoms with Gasteiger partial charge >= 0.3 is 5.97 Å². The lowest BCUT2D eigenvalue weighted by molar-refractivity contribution is -0.133. The molecule has 0 fully saturated rings. The highest BCUT2D eigenvalue weighted by Gasteiger charge is 2.13. The summed E-state index contributed by atoms with van der Waals surface area (Å²) in [5.74, 6) is -1.61. The fraction of sp³-hybridized carbons (Fsp3) is 0. The highest BCUT2D eigenvalue weighted by atomic mass is 79.9. The van der Waals surface area contributed by atoms with E-state index in [9.17, 15) is 9.59 Å². The summed E-state index contributed by atoms with van der Waals surface area (Å²) in [7, 11) is 0. The minimum absolute atomic E-state index is 0. The Labute approximate surface area is 79.1 Å². The molecule has 1 rings (SSSR count). The van der Waals surface area contributed by atoms with Gasteiger partial charge in [0.25, 0.3) is 0 Å². The number of allylic oxidation sites excluding steroid dienone is 2. The number of ketones is 1. The smallest absolute Gasteiger partial charge is 0.354 e. The second kappa shape index (κ2) is 3.96. The zero-order valence-corrected chi connectivity index (χ0v) is 7.69. The van der Waals surface area contributed by atoms with Crippen molar-refractivity contribution in [3.63, 3.8) is 0 Å². The number of carbonyl (C=O) groups is 2. The highest BCUT2D eigenvalue weighted by molar-refractivity contribution is 8.93. The number of hydrogen-bond acceptors (Lipinski definition) is 3. The van der Waals surface area contributed by atoms with Crippen LogP contribution in [0.4, 0.5) is 0 Å². The number of nitrogens with zero attached hydrogens (tertiary/aromatic N) is 1. The molecule has 0 bridgehead atoms. The number of halogens is 1. The molecule has 0 saturated heterocycles. The molecule has 1 aliphatic rings. The van der Waals surface area contributed by atoms with Crippen LogP contribution in [0.2, 0.25) is 0 Å². The molecule has 0 radical (unpaired) electrons. The number of carbonyl (C=O) groups excluding carboxylic acids is 1. The number of aliphatic carboxylic acids is 1. The lowest BCUT2D eigenvalue weighted by Gasteiger charge is -2.00. The van der Waals surface area contributed by atoms with Gasteiger partial charge in [0.1, 0.15) is 0 Å². The van der Waals surface area contributed by atoms with Crippen LogP contribution in [0, 0.1) is 0 Å². The Kier molecular flexibility index (Phi) is 3.56. The Bertz CT molecular complexity index is 304. The van der Waals surface area contributed by atoms with Crippen molar-refractivity contribution in [1.82, 2.24) is 0 Å². The van der Waals surface area contributed by atoms with E-state index in [2.05, 4.69) is 11.6 Å². The van der Waals surface area contributed by atoms with Gasteiger partial charge in [0.15, 0.2) is 11.5 Å². The zero-order chi connectivity index (χ0) is 8.43. The van der Waals surface area contributed by atoms with E-state index in [1.54, 1.807) is 0 Å². The number of rotatable bonds is 1. The van der Waals surface area contributed by atoms with Crippen LogP contribution >= 0.6 is 17.0 Å². The first-order chi connectivity index (χ1) is 5.11. The van der Waals surface area contributed by atoms with E-state index in [0.29, 0.717) is 0 Å². The van der Waals surface area contributed by atoms with Gasteiger partial charge in [-0.15, -0.1) is 17.0 Å². The lowest BCUT2D eigenvalue weighted by atomic mass is 10.1. The zero-order valence-electron chi connectivity index (χ0n) is 5.98. The Morgan fingerprint density at radius 2 is 2.17 bits per heavy atom. The van der Waals surface area contributed by atoms with E-state index in [1.807, 2.05) is 0 Å². The largest absolute Gasteiger partial charge is 0.477 e. The van der Waals surface area contributed by atoms with E-state index in [-0.39, 0.29) is 28.3 Å². The van der Waals surface area contributed by atoms with Gasteiger partial charge in [-0.2, -0.15) is 0 Å². The monoisotopic (exact) mass is 231 g/mol. The number of carboxylic acids is 1. The summed E-state index contributed by atoms with van der Waals surface area (Å²) in [5.41, 5.74) is -0.0441. The summed E-state index contributed by atoms with van der Waals surface area (Å²) >= 11 is 0. The van der Waals surface area contributed by atoms with Crippen LogP contribution in [0.25, 0.3) is 0 Å². The van der Waals surface area contributed by atoms with Crippen molar-refractivity contribution in [2.24, 2.45) is 4.99 Å². The topological polar surface area (TPSA) is 66.7 Å². The quantitative estimate of drug-likeness (QED) is 0.678. The lowest BCUT2D eigenvalue weighted by Crippen LogP contribution is -2.09. The second-order valence-corrected chi connectivity index (χ2v) is 1.98. The molecule has 1 heterocycles. The predicted molar refractivity (Wildman–Crippen MR) is 48.7 cm³/mol. The molecule has 0 unspecified atom stereocenters. The molecule has 64 valence electrons. The number of hydrogen-bond donors (Lipinski definition) is 1. The third-order valence-corrected chi connectivity index (χ3v) is 1.16. The van der Waals surface area contributed by atoms with E-state index in [0.717, 1.165) is 12.3 Å². The SMILES string of the molecule is Br.C=C1C=NC(C(=O)O)=CC1=O. The van der Waals surface area contributed by atoms with Gasteiger partial charge in [-0.3, -0.25) is 4.79 Å². The molecule has 0 aromatic carbocycles. The third kappa shape index (κ3) is 2.13. The van der Waals surface area contributed by atoms with Crippen LogP contribution < -0.4 is 0 Å². The first-order valence-corrected chi connectivity index (χ1v) is 2.83. The second-order valence-electron chi connectivity index (χ2n) is 1.98.